The van der Waals surface area contributed by atoms with Gasteiger partial charge in [-0.2, -0.15) is 10.2 Å². The molecule has 0 unspecified atom stereocenters. The van der Waals surface area contributed by atoms with Crippen molar-refractivity contribution in [1.29, 1.82) is 0 Å². The molecule has 7 nitrogen and oxygen atoms in total. The van der Waals surface area contributed by atoms with Gasteiger partial charge in [0.1, 0.15) is 0 Å². The van der Waals surface area contributed by atoms with Crippen LogP contribution in [0.3, 0.4) is 0 Å². The molecule has 0 spiro atoms. The number of carbonyl (C=O) groups is 1. The van der Waals surface area contributed by atoms with Crippen LogP contribution < -0.4 is 5.32 Å². The molecule has 3 aromatic rings. The summed E-state index contributed by atoms with van der Waals surface area (Å²) in [5.74, 6) is 1.52. The van der Waals surface area contributed by atoms with Gasteiger partial charge in [0.05, 0.1) is 17.1 Å². The van der Waals surface area contributed by atoms with Gasteiger partial charge in [-0.3, -0.25) is 9.89 Å². The fourth-order valence-electron chi connectivity index (χ4n) is 2.53. The van der Waals surface area contributed by atoms with E-state index in [4.69, 9.17) is 0 Å². The standard InChI is InChI=1S/C16H18N6OS/c1-9(12-6-17-22(7-12)15-8-24-10(2)18-15)16(23)19-14-5-13(20-21-14)11-3-4-11/h5-9,11H,3-4H2,1-2H3,(H2,19,20,21,23)/t9-/m0/s1. The number of hydrogen-bond donors (Lipinski definition) is 2. The van der Waals surface area contributed by atoms with Crippen LogP contribution in [0.4, 0.5) is 5.82 Å². The first-order valence-corrected chi connectivity index (χ1v) is 8.81. The molecule has 1 fully saturated rings. The van der Waals surface area contributed by atoms with E-state index in [1.54, 1.807) is 22.2 Å². The maximum atomic E-state index is 12.4. The maximum Gasteiger partial charge on any atom is 0.232 e. The number of aryl methyl sites for hydroxylation is 1. The van der Waals surface area contributed by atoms with Crippen molar-refractivity contribution in [3.05, 3.63) is 40.1 Å². The van der Waals surface area contributed by atoms with Gasteiger partial charge in [0.25, 0.3) is 0 Å². The molecule has 1 aliphatic rings. The molecule has 1 atom stereocenters. The van der Waals surface area contributed by atoms with Crippen molar-refractivity contribution >= 4 is 23.1 Å². The topological polar surface area (TPSA) is 88.5 Å². The van der Waals surface area contributed by atoms with Gasteiger partial charge in [0, 0.05) is 34.8 Å². The molecule has 4 rings (SSSR count). The third-order valence-corrected chi connectivity index (χ3v) is 4.96. The van der Waals surface area contributed by atoms with Crippen LogP contribution in [0.2, 0.25) is 0 Å². The zero-order valence-electron chi connectivity index (χ0n) is 13.5. The molecule has 8 heteroatoms. The summed E-state index contributed by atoms with van der Waals surface area (Å²) in [4.78, 5) is 16.8. The average Bonchev–Trinajstić information content (AvgIpc) is 2.98. The van der Waals surface area contributed by atoms with Crippen LogP contribution in [0.5, 0.6) is 0 Å². The average molecular weight is 342 g/mol. The number of hydrogen-bond acceptors (Lipinski definition) is 5. The molecule has 3 aromatic heterocycles. The first-order valence-electron chi connectivity index (χ1n) is 7.93. The molecule has 2 N–H and O–H groups in total. The van der Waals surface area contributed by atoms with Crippen LogP contribution in [0, 0.1) is 6.92 Å². The Balaban J connectivity index is 1.45. The Morgan fingerprint density at radius 3 is 3.04 bits per heavy atom. The molecule has 1 aliphatic carbocycles. The van der Waals surface area contributed by atoms with Crippen LogP contribution in [-0.4, -0.2) is 30.9 Å². The van der Waals surface area contributed by atoms with Gasteiger partial charge in [-0.25, -0.2) is 9.67 Å². The van der Waals surface area contributed by atoms with E-state index in [0.717, 1.165) is 22.1 Å². The smallest absolute Gasteiger partial charge is 0.232 e. The molecule has 1 amide bonds. The van der Waals surface area contributed by atoms with Crippen molar-refractivity contribution in [3.63, 3.8) is 0 Å². The summed E-state index contributed by atoms with van der Waals surface area (Å²) in [6.07, 6.45) is 5.94. The fraction of sp³-hybridized carbons (Fsp3) is 0.375. The summed E-state index contributed by atoms with van der Waals surface area (Å²) in [6.45, 7) is 3.81. The summed E-state index contributed by atoms with van der Waals surface area (Å²) >= 11 is 1.57. The Labute approximate surface area is 143 Å². The largest absolute Gasteiger partial charge is 0.309 e. The molecule has 0 aromatic carbocycles. The summed E-state index contributed by atoms with van der Waals surface area (Å²) in [7, 11) is 0. The number of aromatic nitrogens is 5. The van der Waals surface area contributed by atoms with E-state index in [-0.39, 0.29) is 11.8 Å². The van der Waals surface area contributed by atoms with Crippen LogP contribution >= 0.6 is 11.3 Å². The highest BCUT2D eigenvalue weighted by Crippen LogP contribution is 2.39. The summed E-state index contributed by atoms with van der Waals surface area (Å²) in [5, 5.41) is 17.3. The first-order chi connectivity index (χ1) is 11.6. The van der Waals surface area contributed by atoms with Crippen LogP contribution in [0.15, 0.2) is 23.8 Å². The third-order valence-electron chi connectivity index (χ3n) is 4.20. The Morgan fingerprint density at radius 1 is 1.50 bits per heavy atom. The molecule has 0 aliphatic heterocycles. The van der Waals surface area contributed by atoms with E-state index in [2.05, 4.69) is 25.6 Å². The second-order valence-corrected chi connectivity index (χ2v) is 7.20. The lowest BCUT2D eigenvalue weighted by Gasteiger charge is -2.08. The lowest BCUT2D eigenvalue weighted by molar-refractivity contribution is -0.117. The number of nitrogens with zero attached hydrogens (tertiary/aromatic N) is 4. The monoisotopic (exact) mass is 342 g/mol. The van der Waals surface area contributed by atoms with E-state index in [9.17, 15) is 4.79 Å². The van der Waals surface area contributed by atoms with Crippen molar-refractivity contribution in [1.82, 2.24) is 25.0 Å². The maximum absolute atomic E-state index is 12.4. The number of amides is 1. The van der Waals surface area contributed by atoms with Crippen molar-refractivity contribution < 1.29 is 4.79 Å². The molecular formula is C16H18N6OS. The van der Waals surface area contributed by atoms with Crippen LogP contribution in [0.1, 0.15) is 47.9 Å². The number of carbonyl (C=O) groups excluding carboxylic acids is 1. The van der Waals surface area contributed by atoms with Crippen molar-refractivity contribution in [2.75, 3.05) is 5.32 Å². The van der Waals surface area contributed by atoms with Gasteiger partial charge in [0.2, 0.25) is 5.91 Å². The number of thiazole rings is 1. The zero-order valence-corrected chi connectivity index (χ0v) is 14.3. The van der Waals surface area contributed by atoms with Gasteiger partial charge in [-0.1, -0.05) is 0 Å². The van der Waals surface area contributed by atoms with Gasteiger partial charge < -0.3 is 5.32 Å². The van der Waals surface area contributed by atoms with Gasteiger partial charge in [0.15, 0.2) is 11.6 Å². The van der Waals surface area contributed by atoms with E-state index in [0.29, 0.717) is 11.7 Å². The molecule has 24 heavy (non-hydrogen) atoms. The summed E-state index contributed by atoms with van der Waals surface area (Å²) in [5.41, 5.74) is 1.95. The molecule has 0 saturated heterocycles. The summed E-state index contributed by atoms with van der Waals surface area (Å²) < 4.78 is 1.70. The molecule has 124 valence electrons. The van der Waals surface area contributed by atoms with Gasteiger partial charge in [-0.15, -0.1) is 11.3 Å². The second-order valence-electron chi connectivity index (χ2n) is 6.14. The fourth-order valence-corrected chi connectivity index (χ4v) is 3.12. The molecule has 0 bridgehead atoms. The van der Waals surface area contributed by atoms with Crippen molar-refractivity contribution in [2.45, 2.75) is 38.5 Å². The Morgan fingerprint density at radius 2 is 2.33 bits per heavy atom. The number of aromatic amines is 1. The minimum absolute atomic E-state index is 0.0992. The van der Waals surface area contributed by atoms with E-state index in [1.807, 2.05) is 31.5 Å². The van der Waals surface area contributed by atoms with E-state index >= 15 is 0 Å². The number of H-pyrrole nitrogens is 1. The van der Waals surface area contributed by atoms with Gasteiger partial charge >= 0.3 is 0 Å². The van der Waals surface area contributed by atoms with Crippen LogP contribution in [-0.2, 0) is 4.79 Å². The minimum atomic E-state index is -0.320. The predicted octanol–water partition coefficient (Wildman–Crippen LogP) is 2.98. The number of rotatable bonds is 5. The van der Waals surface area contributed by atoms with Crippen molar-refractivity contribution in [3.8, 4) is 5.82 Å². The number of anilines is 1. The molecular weight excluding hydrogens is 324 g/mol. The lowest BCUT2D eigenvalue weighted by atomic mass is 10.0. The minimum Gasteiger partial charge on any atom is -0.309 e. The highest BCUT2D eigenvalue weighted by molar-refractivity contribution is 7.09. The predicted molar refractivity (Wildman–Crippen MR) is 91.6 cm³/mol. The lowest BCUT2D eigenvalue weighted by Crippen LogP contribution is -2.18. The van der Waals surface area contributed by atoms with Gasteiger partial charge in [-0.05, 0) is 26.7 Å². The Bertz CT molecular complexity index is 875. The third kappa shape index (κ3) is 2.96. The first kappa shape index (κ1) is 15.1. The highest BCUT2D eigenvalue weighted by atomic mass is 32.1. The second kappa shape index (κ2) is 5.86. The normalized spacial score (nSPS) is 15.4. The highest BCUT2D eigenvalue weighted by Gasteiger charge is 2.26. The Hall–Kier alpha value is -2.48. The quantitative estimate of drug-likeness (QED) is 0.746. The van der Waals surface area contributed by atoms with Crippen LogP contribution in [0.25, 0.3) is 5.82 Å². The molecule has 1 saturated carbocycles. The Kier molecular flexibility index (Phi) is 3.68. The molecule has 3 heterocycles. The SMILES string of the molecule is Cc1nc(-n2cc([C@H](C)C(=O)Nc3cc(C4CC4)[nH]n3)cn2)cs1. The summed E-state index contributed by atoms with van der Waals surface area (Å²) in [6, 6.07) is 1.92. The number of nitrogens with one attached hydrogen (secondary N) is 2. The zero-order chi connectivity index (χ0) is 16.7. The van der Waals surface area contributed by atoms with Crippen molar-refractivity contribution in [2.24, 2.45) is 0 Å². The molecule has 0 radical (unpaired) electrons. The van der Waals surface area contributed by atoms with E-state index in [1.165, 1.54) is 12.8 Å². The van der Waals surface area contributed by atoms with E-state index < -0.39 is 0 Å².